The van der Waals surface area contributed by atoms with Crippen molar-refractivity contribution in [3.8, 4) is 23.0 Å². The fraction of sp³-hybridized carbons (Fsp3) is 0.444. The van der Waals surface area contributed by atoms with Crippen LogP contribution in [0.15, 0.2) is 36.5 Å². The van der Waals surface area contributed by atoms with Crippen molar-refractivity contribution < 1.29 is 23.7 Å². The Morgan fingerprint density at radius 1 is 0.889 bits per heavy atom. The van der Waals surface area contributed by atoms with Crippen LogP contribution in [0.4, 0.5) is 0 Å². The topological polar surface area (TPSA) is 88.3 Å². The lowest BCUT2D eigenvalue weighted by atomic mass is 10.1. The Labute approximate surface area is 212 Å². The third-order valence-electron chi connectivity index (χ3n) is 6.70. The number of rotatable bonds is 11. The number of amides is 1. The lowest BCUT2D eigenvalue weighted by Gasteiger charge is -2.34. The molecule has 2 aromatic carbocycles. The molecule has 2 heterocycles. The summed E-state index contributed by atoms with van der Waals surface area (Å²) in [5, 5.41) is 4.20. The van der Waals surface area contributed by atoms with Crippen molar-refractivity contribution in [2.75, 3.05) is 67.7 Å². The van der Waals surface area contributed by atoms with E-state index in [2.05, 4.69) is 20.1 Å². The van der Waals surface area contributed by atoms with E-state index in [0.717, 1.165) is 61.4 Å². The van der Waals surface area contributed by atoms with Crippen LogP contribution in [0.2, 0.25) is 0 Å². The number of aromatic nitrogens is 1. The molecule has 1 aromatic heterocycles. The number of nitrogens with zero attached hydrogens (tertiary/aromatic N) is 2. The number of hydrogen-bond donors (Lipinski definition) is 2. The van der Waals surface area contributed by atoms with Crippen molar-refractivity contribution in [2.24, 2.45) is 0 Å². The molecular formula is C27H36N4O5. The zero-order valence-corrected chi connectivity index (χ0v) is 21.6. The summed E-state index contributed by atoms with van der Waals surface area (Å²) in [5.74, 6) is 2.85. The number of hydrogen-bond acceptors (Lipinski definition) is 7. The van der Waals surface area contributed by atoms with E-state index < -0.39 is 0 Å². The molecule has 1 aliphatic rings. The first-order chi connectivity index (χ1) is 17.6. The number of benzene rings is 2. The number of H-pyrrole nitrogens is 1. The highest BCUT2D eigenvalue weighted by atomic mass is 16.5. The molecular weight excluding hydrogens is 460 g/mol. The van der Waals surface area contributed by atoms with E-state index in [1.54, 1.807) is 28.4 Å². The SMILES string of the molecule is COc1ccc2[nH]cc(CCNC(=O)CN3CCN(Cc4ccc(OC)c(OC)c4OC)CC3)c2c1. The minimum Gasteiger partial charge on any atom is -0.497 e. The average molecular weight is 497 g/mol. The Kier molecular flexibility index (Phi) is 8.56. The summed E-state index contributed by atoms with van der Waals surface area (Å²) < 4.78 is 21.8. The summed E-state index contributed by atoms with van der Waals surface area (Å²) >= 11 is 0. The molecule has 3 aromatic rings. The summed E-state index contributed by atoms with van der Waals surface area (Å²) in [6.45, 7) is 5.19. The highest BCUT2D eigenvalue weighted by Gasteiger charge is 2.22. The third kappa shape index (κ3) is 5.85. The number of carbonyl (C=O) groups is 1. The van der Waals surface area contributed by atoms with Crippen molar-refractivity contribution in [3.63, 3.8) is 0 Å². The second kappa shape index (κ2) is 12.0. The van der Waals surface area contributed by atoms with E-state index in [1.807, 2.05) is 36.5 Å². The van der Waals surface area contributed by atoms with E-state index in [-0.39, 0.29) is 5.91 Å². The Bertz CT molecular complexity index is 1170. The number of nitrogens with one attached hydrogen (secondary N) is 2. The summed E-state index contributed by atoms with van der Waals surface area (Å²) in [7, 11) is 6.55. The Morgan fingerprint density at radius 2 is 1.64 bits per heavy atom. The summed E-state index contributed by atoms with van der Waals surface area (Å²) in [4.78, 5) is 20.4. The average Bonchev–Trinajstić information content (AvgIpc) is 3.31. The van der Waals surface area contributed by atoms with Gasteiger partial charge in [-0.25, -0.2) is 0 Å². The second-order valence-corrected chi connectivity index (χ2v) is 8.87. The molecule has 0 spiro atoms. The van der Waals surface area contributed by atoms with Crippen molar-refractivity contribution in [3.05, 3.63) is 47.7 Å². The molecule has 9 nitrogen and oxygen atoms in total. The molecule has 1 fully saturated rings. The number of piperazine rings is 1. The van der Waals surface area contributed by atoms with Crippen LogP contribution in [-0.4, -0.2) is 88.4 Å². The molecule has 0 saturated carbocycles. The molecule has 1 amide bonds. The van der Waals surface area contributed by atoms with Gasteiger partial charge < -0.3 is 29.2 Å². The molecule has 1 aliphatic heterocycles. The van der Waals surface area contributed by atoms with Crippen molar-refractivity contribution in [1.82, 2.24) is 20.1 Å². The first-order valence-electron chi connectivity index (χ1n) is 12.2. The molecule has 9 heteroatoms. The van der Waals surface area contributed by atoms with E-state index >= 15 is 0 Å². The standard InChI is InChI=1S/C27H36N4O5/c1-33-21-6-7-23-22(15-21)19(16-29-23)9-10-28-25(32)18-31-13-11-30(12-14-31)17-20-5-8-24(34-2)27(36-4)26(20)35-3/h5-8,15-16,29H,9-14,17-18H2,1-4H3,(H,28,32). The fourth-order valence-corrected chi connectivity index (χ4v) is 4.72. The lowest BCUT2D eigenvalue weighted by molar-refractivity contribution is -0.122. The number of carbonyl (C=O) groups excluding carboxylic acids is 1. The van der Waals surface area contributed by atoms with E-state index in [0.29, 0.717) is 30.3 Å². The normalized spacial score (nSPS) is 14.6. The van der Waals surface area contributed by atoms with Gasteiger partial charge in [0.15, 0.2) is 11.5 Å². The van der Waals surface area contributed by atoms with Gasteiger partial charge in [-0.15, -0.1) is 0 Å². The zero-order chi connectivity index (χ0) is 25.5. The highest BCUT2D eigenvalue weighted by molar-refractivity contribution is 5.84. The van der Waals surface area contributed by atoms with Gasteiger partial charge in [0.2, 0.25) is 11.7 Å². The van der Waals surface area contributed by atoms with Gasteiger partial charge in [-0.3, -0.25) is 14.6 Å². The minimum absolute atomic E-state index is 0.0578. The molecule has 2 N–H and O–H groups in total. The van der Waals surface area contributed by atoms with Gasteiger partial charge in [0.25, 0.3) is 0 Å². The van der Waals surface area contributed by atoms with Gasteiger partial charge in [-0.05, 0) is 36.2 Å². The quantitative estimate of drug-likeness (QED) is 0.422. The van der Waals surface area contributed by atoms with Gasteiger partial charge in [0, 0.05) is 61.9 Å². The van der Waals surface area contributed by atoms with Gasteiger partial charge in [-0.2, -0.15) is 0 Å². The lowest BCUT2D eigenvalue weighted by Crippen LogP contribution is -2.49. The van der Waals surface area contributed by atoms with Gasteiger partial charge in [0.1, 0.15) is 5.75 Å². The maximum absolute atomic E-state index is 12.6. The molecule has 4 rings (SSSR count). The fourth-order valence-electron chi connectivity index (χ4n) is 4.72. The predicted molar refractivity (Wildman–Crippen MR) is 139 cm³/mol. The molecule has 0 bridgehead atoms. The molecule has 0 aliphatic carbocycles. The van der Waals surface area contributed by atoms with Crippen LogP contribution in [0.3, 0.4) is 0 Å². The molecule has 0 atom stereocenters. The molecule has 0 unspecified atom stereocenters. The van der Waals surface area contributed by atoms with Gasteiger partial charge in [0.05, 0.1) is 35.0 Å². The minimum atomic E-state index is 0.0578. The molecule has 194 valence electrons. The summed E-state index contributed by atoms with van der Waals surface area (Å²) in [5.41, 5.74) is 3.29. The molecule has 0 radical (unpaired) electrons. The first kappa shape index (κ1) is 25.7. The van der Waals surface area contributed by atoms with E-state index in [9.17, 15) is 4.79 Å². The maximum Gasteiger partial charge on any atom is 0.234 e. The maximum atomic E-state index is 12.6. The van der Waals surface area contributed by atoms with Crippen LogP contribution in [0.25, 0.3) is 10.9 Å². The molecule has 1 saturated heterocycles. The number of methoxy groups -OCH3 is 4. The third-order valence-corrected chi connectivity index (χ3v) is 6.70. The number of aromatic amines is 1. The number of ether oxygens (including phenoxy) is 4. The first-order valence-corrected chi connectivity index (χ1v) is 12.2. The molecule has 36 heavy (non-hydrogen) atoms. The number of fused-ring (bicyclic) bond motifs is 1. The van der Waals surface area contributed by atoms with Crippen LogP contribution in [0, 0.1) is 0 Å². The summed E-state index contributed by atoms with van der Waals surface area (Å²) in [6.07, 6.45) is 2.77. The zero-order valence-electron chi connectivity index (χ0n) is 21.6. The monoisotopic (exact) mass is 496 g/mol. The van der Waals surface area contributed by atoms with Crippen LogP contribution >= 0.6 is 0 Å². The van der Waals surface area contributed by atoms with Crippen molar-refractivity contribution >= 4 is 16.8 Å². The van der Waals surface area contributed by atoms with Crippen LogP contribution in [0.5, 0.6) is 23.0 Å². The highest BCUT2D eigenvalue weighted by Crippen LogP contribution is 2.40. The Balaban J connectivity index is 1.23. The Morgan fingerprint density at radius 3 is 2.33 bits per heavy atom. The van der Waals surface area contributed by atoms with Crippen molar-refractivity contribution in [1.29, 1.82) is 0 Å². The van der Waals surface area contributed by atoms with Gasteiger partial charge >= 0.3 is 0 Å². The van der Waals surface area contributed by atoms with Crippen LogP contribution < -0.4 is 24.3 Å². The van der Waals surface area contributed by atoms with Crippen LogP contribution in [-0.2, 0) is 17.8 Å². The van der Waals surface area contributed by atoms with Crippen LogP contribution in [0.1, 0.15) is 11.1 Å². The van der Waals surface area contributed by atoms with E-state index in [4.69, 9.17) is 18.9 Å². The smallest absolute Gasteiger partial charge is 0.234 e. The largest absolute Gasteiger partial charge is 0.497 e. The summed E-state index contributed by atoms with van der Waals surface area (Å²) in [6, 6.07) is 9.90. The Hall–Kier alpha value is -3.43. The van der Waals surface area contributed by atoms with E-state index in [1.165, 1.54) is 5.56 Å². The predicted octanol–water partition coefficient (Wildman–Crippen LogP) is 2.68. The second-order valence-electron chi connectivity index (χ2n) is 8.87. The van der Waals surface area contributed by atoms with Crippen molar-refractivity contribution in [2.45, 2.75) is 13.0 Å². The van der Waals surface area contributed by atoms with Gasteiger partial charge in [-0.1, -0.05) is 6.07 Å².